The van der Waals surface area contributed by atoms with Gasteiger partial charge in [0.15, 0.2) is 0 Å². The third kappa shape index (κ3) is 8.07. The molecular formula is C12H24N2. The number of nitrogens with zero attached hydrogens (tertiary/aromatic N) is 1. The normalized spacial score (nSPS) is 15.1. The Morgan fingerprint density at radius 1 is 1.14 bits per heavy atom. The van der Waals surface area contributed by atoms with Crippen molar-refractivity contribution in [3.63, 3.8) is 0 Å². The Kier molecular flexibility index (Phi) is 7.51. The fourth-order valence-corrected chi connectivity index (χ4v) is 1.36. The zero-order valence-corrected chi connectivity index (χ0v) is 10.0. The lowest BCUT2D eigenvalue weighted by Crippen LogP contribution is -2.29. The monoisotopic (exact) mass is 196 g/mol. The van der Waals surface area contributed by atoms with Gasteiger partial charge in [0.05, 0.1) is 12.0 Å². The molecule has 0 amide bonds. The molecule has 0 radical (unpaired) electrons. The van der Waals surface area contributed by atoms with E-state index in [1.54, 1.807) is 0 Å². The molecule has 0 spiro atoms. The van der Waals surface area contributed by atoms with Crippen molar-refractivity contribution in [2.24, 2.45) is 11.8 Å². The van der Waals surface area contributed by atoms with Crippen LogP contribution >= 0.6 is 0 Å². The first-order valence-electron chi connectivity index (χ1n) is 5.69. The second kappa shape index (κ2) is 7.82. The molecular weight excluding hydrogens is 172 g/mol. The van der Waals surface area contributed by atoms with Crippen LogP contribution in [0.25, 0.3) is 0 Å². The maximum atomic E-state index is 8.61. The molecule has 0 saturated heterocycles. The van der Waals surface area contributed by atoms with Crippen molar-refractivity contribution in [3.05, 3.63) is 0 Å². The molecule has 0 saturated carbocycles. The van der Waals surface area contributed by atoms with Crippen LogP contribution in [-0.4, -0.2) is 12.6 Å². The lowest BCUT2D eigenvalue weighted by atomic mass is 10.0. The highest BCUT2D eigenvalue weighted by Gasteiger charge is 2.04. The number of nitrogens with one attached hydrogen (secondary N) is 1. The molecule has 0 aliphatic carbocycles. The van der Waals surface area contributed by atoms with Crippen molar-refractivity contribution in [2.45, 2.75) is 53.0 Å². The minimum atomic E-state index is 0.127. The Hall–Kier alpha value is -0.550. The van der Waals surface area contributed by atoms with E-state index in [4.69, 9.17) is 5.26 Å². The molecule has 0 aliphatic heterocycles. The molecule has 0 fully saturated rings. The Morgan fingerprint density at radius 2 is 1.79 bits per heavy atom. The first-order chi connectivity index (χ1) is 6.56. The van der Waals surface area contributed by atoms with E-state index >= 15 is 0 Å². The predicted octanol–water partition coefficient (Wildman–Crippen LogP) is 2.95. The summed E-state index contributed by atoms with van der Waals surface area (Å²) in [6, 6.07) is 2.78. The summed E-state index contributed by atoms with van der Waals surface area (Å²) in [5.74, 6) is 0.933. The highest BCUT2D eigenvalue weighted by atomic mass is 14.9. The highest BCUT2D eigenvalue weighted by molar-refractivity contribution is 4.81. The molecule has 2 heteroatoms. The maximum absolute atomic E-state index is 8.61. The quantitative estimate of drug-likeness (QED) is 0.679. The predicted molar refractivity (Wildman–Crippen MR) is 60.9 cm³/mol. The van der Waals surface area contributed by atoms with Gasteiger partial charge in [-0.3, -0.25) is 0 Å². The molecule has 0 heterocycles. The van der Waals surface area contributed by atoms with Crippen molar-refractivity contribution >= 4 is 0 Å². The second-order valence-corrected chi connectivity index (χ2v) is 4.66. The summed E-state index contributed by atoms with van der Waals surface area (Å²) in [7, 11) is 0. The number of hydrogen-bond donors (Lipinski definition) is 1. The Bertz CT molecular complexity index is 170. The minimum Gasteiger partial charge on any atom is -0.313 e. The van der Waals surface area contributed by atoms with Crippen LogP contribution in [-0.2, 0) is 0 Å². The van der Waals surface area contributed by atoms with Gasteiger partial charge in [0, 0.05) is 12.6 Å². The van der Waals surface area contributed by atoms with Gasteiger partial charge in [-0.25, -0.2) is 0 Å². The van der Waals surface area contributed by atoms with Crippen LogP contribution in [0.3, 0.4) is 0 Å². The average molecular weight is 196 g/mol. The standard InChI is InChI=1S/C12H24N2/c1-10(2)6-5-7-12(4)14-9-11(3)8-13/h10-12,14H,5-7,9H2,1-4H3. The van der Waals surface area contributed by atoms with Gasteiger partial charge in [0.2, 0.25) is 0 Å². The van der Waals surface area contributed by atoms with Gasteiger partial charge in [0.1, 0.15) is 0 Å². The van der Waals surface area contributed by atoms with Crippen molar-refractivity contribution in [2.75, 3.05) is 6.54 Å². The van der Waals surface area contributed by atoms with Crippen molar-refractivity contribution in [1.82, 2.24) is 5.32 Å². The fraction of sp³-hybridized carbons (Fsp3) is 0.917. The van der Waals surface area contributed by atoms with Crippen LogP contribution in [0.1, 0.15) is 47.0 Å². The summed E-state index contributed by atoms with van der Waals surface area (Å²) in [6.07, 6.45) is 3.81. The van der Waals surface area contributed by atoms with E-state index in [9.17, 15) is 0 Å². The summed E-state index contributed by atoms with van der Waals surface area (Å²) in [4.78, 5) is 0. The van der Waals surface area contributed by atoms with E-state index in [1.165, 1.54) is 19.3 Å². The Morgan fingerprint density at radius 3 is 2.29 bits per heavy atom. The molecule has 0 aliphatic rings. The van der Waals surface area contributed by atoms with Crippen LogP contribution in [0.4, 0.5) is 0 Å². The average Bonchev–Trinajstić information content (AvgIpc) is 2.13. The van der Waals surface area contributed by atoms with E-state index < -0.39 is 0 Å². The molecule has 1 N–H and O–H groups in total. The molecule has 82 valence electrons. The molecule has 0 aromatic rings. The minimum absolute atomic E-state index is 0.127. The van der Waals surface area contributed by atoms with Gasteiger partial charge < -0.3 is 5.32 Å². The van der Waals surface area contributed by atoms with Crippen molar-refractivity contribution in [1.29, 1.82) is 5.26 Å². The molecule has 0 rings (SSSR count). The Balaban J connectivity index is 3.37. The highest BCUT2D eigenvalue weighted by Crippen LogP contribution is 2.08. The lowest BCUT2D eigenvalue weighted by Gasteiger charge is -2.14. The topological polar surface area (TPSA) is 35.8 Å². The number of nitriles is 1. The number of hydrogen-bond acceptors (Lipinski definition) is 2. The molecule has 2 nitrogen and oxygen atoms in total. The summed E-state index contributed by atoms with van der Waals surface area (Å²) >= 11 is 0. The van der Waals surface area contributed by atoms with Crippen LogP contribution in [0.15, 0.2) is 0 Å². The van der Waals surface area contributed by atoms with Crippen molar-refractivity contribution < 1.29 is 0 Å². The first-order valence-corrected chi connectivity index (χ1v) is 5.69. The lowest BCUT2D eigenvalue weighted by molar-refractivity contribution is 0.444. The SMILES string of the molecule is CC(C)CCCC(C)NCC(C)C#N. The van der Waals surface area contributed by atoms with Gasteiger partial charge in [-0.2, -0.15) is 5.26 Å². The summed E-state index contributed by atoms with van der Waals surface area (Å²) in [5, 5.41) is 12.0. The summed E-state index contributed by atoms with van der Waals surface area (Å²) in [5.41, 5.74) is 0. The smallest absolute Gasteiger partial charge is 0.0666 e. The van der Waals surface area contributed by atoms with Crippen LogP contribution in [0, 0.1) is 23.2 Å². The van der Waals surface area contributed by atoms with Gasteiger partial charge in [-0.15, -0.1) is 0 Å². The summed E-state index contributed by atoms with van der Waals surface area (Å²) in [6.45, 7) is 9.49. The van der Waals surface area contributed by atoms with Crippen LogP contribution in [0.2, 0.25) is 0 Å². The zero-order chi connectivity index (χ0) is 11.0. The molecule has 2 unspecified atom stereocenters. The van der Waals surface area contributed by atoms with Crippen LogP contribution in [0.5, 0.6) is 0 Å². The van der Waals surface area contributed by atoms with Crippen molar-refractivity contribution in [3.8, 4) is 6.07 Å². The molecule has 0 bridgehead atoms. The van der Waals surface area contributed by atoms with Gasteiger partial charge in [-0.1, -0.05) is 26.7 Å². The van der Waals surface area contributed by atoms with Gasteiger partial charge in [-0.05, 0) is 26.2 Å². The molecule has 14 heavy (non-hydrogen) atoms. The summed E-state index contributed by atoms with van der Waals surface area (Å²) < 4.78 is 0. The van der Waals surface area contributed by atoms with Crippen LogP contribution < -0.4 is 5.32 Å². The molecule has 0 aromatic heterocycles. The fourth-order valence-electron chi connectivity index (χ4n) is 1.36. The zero-order valence-electron chi connectivity index (χ0n) is 10.0. The Labute approximate surface area is 88.7 Å². The first kappa shape index (κ1) is 13.4. The molecule has 2 atom stereocenters. The second-order valence-electron chi connectivity index (χ2n) is 4.66. The van der Waals surface area contributed by atoms with E-state index in [2.05, 4.69) is 32.2 Å². The number of rotatable bonds is 7. The van der Waals surface area contributed by atoms with Gasteiger partial charge >= 0.3 is 0 Å². The van der Waals surface area contributed by atoms with E-state index in [-0.39, 0.29) is 5.92 Å². The van der Waals surface area contributed by atoms with E-state index in [0.29, 0.717) is 6.04 Å². The third-order valence-electron chi connectivity index (χ3n) is 2.41. The van der Waals surface area contributed by atoms with E-state index in [0.717, 1.165) is 12.5 Å². The third-order valence-corrected chi connectivity index (χ3v) is 2.41. The van der Waals surface area contributed by atoms with E-state index in [1.807, 2.05) is 6.92 Å². The molecule has 0 aromatic carbocycles. The largest absolute Gasteiger partial charge is 0.313 e. The maximum Gasteiger partial charge on any atom is 0.0666 e. The van der Waals surface area contributed by atoms with Gasteiger partial charge in [0.25, 0.3) is 0 Å².